The van der Waals surface area contributed by atoms with Gasteiger partial charge in [-0.1, -0.05) is 18.2 Å². The van der Waals surface area contributed by atoms with Crippen molar-refractivity contribution in [3.8, 4) is 11.6 Å². The number of aromatic nitrogens is 1. The number of nitrogens with zero attached hydrogens (tertiary/aromatic N) is 2. The van der Waals surface area contributed by atoms with Gasteiger partial charge in [0.05, 0.1) is 6.54 Å². The molecule has 0 unspecified atom stereocenters. The molecule has 0 fully saturated rings. The van der Waals surface area contributed by atoms with Crippen molar-refractivity contribution in [3.63, 3.8) is 0 Å². The van der Waals surface area contributed by atoms with Crippen molar-refractivity contribution >= 4 is 29.9 Å². The van der Waals surface area contributed by atoms with Gasteiger partial charge in [0.2, 0.25) is 5.88 Å². The van der Waals surface area contributed by atoms with Crippen molar-refractivity contribution in [1.82, 2.24) is 10.3 Å². The molecule has 0 atom stereocenters. The van der Waals surface area contributed by atoms with Gasteiger partial charge in [-0.3, -0.25) is 0 Å². The zero-order valence-corrected chi connectivity index (χ0v) is 15.7. The van der Waals surface area contributed by atoms with Crippen LogP contribution in [0.5, 0.6) is 11.6 Å². The van der Waals surface area contributed by atoms with Gasteiger partial charge in [-0.2, -0.15) is 0 Å². The third kappa shape index (κ3) is 6.95. The smallest absolute Gasteiger partial charge is 0.219 e. The van der Waals surface area contributed by atoms with Crippen LogP contribution < -0.4 is 15.8 Å². The molecule has 0 aliphatic heterocycles. The second-order valence-electron chi connectivity index (χ2n) is 5.07. The van der Waals surface area contributed by atoms with Crippen LogP contribution in [0.15, 0.2) is 59.7 Å². The molecule has 7 heteroatoms. The van der Waals surface area contributed by atoms with Crippen LogP contribution in [-0.2, 0) is 6.54 Å². The number of rotatable bonds is 6. The number of hydrogen-bond acceptors (Lipinski definition) is 3. The van der Waals surface area contributed by atoms with Crippen molar-refractivity contribution in [2.24, 2.45) is 10.7 Å². The van der Waals surface area contributed by atoms with E-state index in [-0.39, 0.29) is 29.8 Å². The zero-order valence-electron chi connectivity index (χ0n) is 13.3. The lowest BCUT2D eigenvalue weighted by Crippen LogP contribution is -2.32. The number of hydrogen-bond donors (Lipinski definition) is 2. The average molecular weight is 442 g/mol. The molecular weight excluding hydrogens is 422 g/mol. The Labute approximate surface area is 157 Å². The van der Waals surface area contributed by atoms with Crippen LogP contribution in [0.2, 0.25) is 0 Å². The summed E-state index contributed by atoms with van der Waals surface area (Å²) in [5.41, 5.74) is 7.61. The highest BCUT2D eigenvalue weighted by Gasteiger charge is 2.00. The Kier molecular flexibility index (Phi) is 8.17. The number of ether oxygens (including phenoxy) is 1. The van der Waals surface area contributed by atoms with Gasteiger partial charge >= 0.3 is 0 Å². The molecule has 1 aromatic carbocycles. The molecule has 0 bridgehead atoms. The first-order chi connectivity index (χ1) is 11.0. The number of pyridine rings is 1. The fourth-order valence-electron chi connectivity index (χ4n) is 1.66. The SMILES string of the molecule is C=C(C)CNC(N)=NCc1ccc(Oc2ccc(F)cc2)nc1.I. The van der Waals surface area contributed by atoms with E-state index in [4.69, 9.17) is 10.5 Å². The van der Waals surface area contributed by atoms with Crippen molar-refractivity contribution < 1.29 is 9.13 Å². The monoisotopic (exact) mass is 442 g/mol. The molecule has 0 radical (unpaired) electrons. The van der Waals surface area contributed by atoms with Crippen molar-refractivity contribution in [2.75, 3.05) is 6.54 Å². The topological polar surface area (TPSA) is 72.5 Å². The van der Waals surface area contributed by atoms with Crippen LogP contribution in [0.3, 0.4) is 0 Å². The van der Waals surface area contributed by atoms with Crippen molar-refractivity contribution in [3.05, 3.63) is 66.1 Å². The zero-order chi connectivity index (χ0) is 16.7. The lowest BCUT2D eigenvalue weighted by atomic mass is 10.3. The van der Waals surface area contributed by atoms with Gasteiger partial charge in [0.15, 0.2) is 5.96 Å². The minimum absolute atomic E-state index is 0. The minimum atomic E-state index is -0.309. The summed E-state index contributed by atoms with van der Waals surface area (Å²) in [6.45, 7) is 6.69. The second kappa shape index (κ2) is 9.86. The van der Waals surface area contributed by atoms with E-state index in [9.17, 15) is 4.39 Å². The largest absolute Gasteiger partial charge is 0.439 e. The van der Waals surface area contributed by atoms with Gasteiger partial charge in [0.1, 0.15) is 11.6 Å². The van der Waals surface area contributed by atoms with E-state index < -0.39 is 0 Å². The summed E-state index contributed by atoms with van der Waals surface area (Å²) >= 11 is 0. The standard InChI is InChI=1S/C17H19FN4O.HI/c1-12(2)9-21-17(19)22-11-13-3-8-16(20-10-13)23-15-6-4-14(18)5-7-15;/h3-8,10H,1,9,11H2,2H3,(H3,19,21,22);1H. The summed E-state index contributed by atoms with van der Waals surface area (Å²) in [5, 5.41) is 2.95. The molecule has 0 spiro atoms. The van der Waals surface area contributed by atoms with Gasteiger partial charge in [-0.05, 0) is 36.8 Å². The lowest BCUT2D eigenvalue weighted by Gasteiger charge is -2.06. The number of benzene rings is 1. The highest BCUT2D eigenvalue weighted by atomic mass is 127. The maximum atomic E-state index is 12.8. The van der Waals surface area contributed by atoms with E-state index in [1.54, 1.807) is 24.4 Å². The average Bonchev–Trinajstić information content (AvgIpc) is 2.54. The van der Waals surface area contributed by atoms with Crippen LogP contribution in [-0.4, -0.2) is 17.5 Å². The fraction of sp³-hybridized carbons (Fsp3) is 0.176. The van der Waals surface area contributed by atoms with E-state index in [0.29, 0.717) is 30.7 Å². The summed E-state index contributed by atoms with van der Waals surface area (Å²) < 4.78 is 18.3. The van der Waals surface area contributed by atoms with Gasteiger partial charge < -0.3 is 15.8 Å². The molecule has 128 valence electrons. The van der Waals surface area contributed by atoms with Gasteiger partial charge in [0.25, 0.3) is 0 Å². The third-order valence-corrected chi connectivity index (χ3v) is 2.84. The molecule has 0 aliphatic carbocycles. The Bertz CT molecular complexity index is 687. The maximum Gasteiger partial charge on any atom is 0.219 e. The summed E-state index contributed by atoms with van der Waals surface area (Å²) in [6, 6.07) is 9.33. The molecule has 1 aromatic heterocycles. The Morgan fingerprint density at radius 3 is 2.58 bits per heavy atom. The molecule has 2 aromatic rings. The van der Waals surface area contributed by atoms with E-state index in [2.05, 4.69) is 21.9 Å². The summed E-state index contributed by atoms with van der Waals surface area (Å²) in [5.74, 6) is 1.01. The van der Waals surface area contributed by atoms with Crippen LogP contribution in [0.25, 0.3) is 0 Å². The summed E-state index contributed by atoms with van der Waals surface area (Å²) in [7, 11) is 0. The predicted octanol–water partition coefficient (Wildman–Crippen LogP) is 3.61. The first-order valence-electron chi connectivity index (χ1n) is 7.09. The van der Waals surface area contributed by atoms with E-state index >= 15 is 0 Å². The van der Waals surface area contributed by atoms with E-state index in [0.717, 1.165) is 11.1 Å². The normalized spacial score (nSPS) is 10.7. The Morgan fingerprint density at radius 1 is 1.29 bits per heavy atom. The van der Waals surface area contributed by atoms with Crippen LogP contribution in [0.1, 0.15) is 12.5 Å². The fourth-order valence-corrected chi connectivity index (χ4v) is 1.66. The maximum absolute atomic E-state index is 12.8. The van der Waals surface area contributed by atoms with Gasteiger partial charge in [-0.25, -0.2) is 14.4 Å². The van der Waals surface area contributed by atoms with Crippen molar-refractivity contribution in [2.45, 2.75) is 13.5 Å². The Morgan fingerprint density at radius 2 is 2.00 bits per heavy atom. The molecule has 0 saturated carbocycles. The Balaban J connectivity index is 0.00000288. The summed E-state index contributed by atoms with van der Waals surface area (Å²) in [6.07, 6.45) is 1.66. The van der Waals surface area contributed by atoms with Crippen LogP contribution in [0.4, 0.5) is 4.39 Å². The summed E-state index contributed by atoms with van der Waals surface area (Å²) in [4.78, 5) is 8.40. The Hall–Kier alpha value is -2.16. The number of nitrogens with one attached hydrogen (secondary N) is 1. The minimum Gasteiger partial charge on any atom is -0.439 e. The predicted molar refractivity (Wildman–Crippen MR) is 104 cm³/mol. The third-order valence-electron chi connectivity index (χ3n) is 2.84. The lowest BCUT2D eigenvalue weighted by molar-refractivity contribution is 0.461. The van der Waals surface area contributed by atoms with Crippen LogP contribution >= 0.6 is 24.0 Å². The molecule has 0 amide bonds. The molecule has 0 saturated heterocycles. The number of halogens is 2. The molecule has 0 aliphatic rings. The number of aliphatic imine (C=N–C) groups is 1. The van der Waals surface area contributed by atoms with Crippen LogP contribution in [0, 0.1) is 5.82 Å². The molecule has 24 heavy (non-hydrogen) atoms. The highest BCUT2D eigenvalue weighted by Crippen LogP contribution is 2.19. The molecule has 5 nitrogen and oxygen atoms in total. The number of guanidine groups is 1. The first kappa shape index (κ1) is 19.9. The highest BCUT2D eigenvalue weighted by molar-refractivity contribution is 14.0. The van der Waals surface area contributed by atoms with Crippen molar-refractivity contribution in [1.29, 1.82) is 0 Å². The quantitative estimate of drug-likeness (QED) is 0.310. The molecule has 3 N–H and O–H groups in total. The first-order valence-corrected chi connectivity index (χ1v) is 7.09. The second-order valence-corrected chi connectivity index (χ2v) is 5.07. The van der Waals surface area contributed by atoms with E-state index in [1.165, 1.54) is 12.1 Å². The van der Waals surface area contributed by atoms with E-state index in [1.807, 2.05) is 13.0 Å². The number of nitrogens with two attached hydrogens (primary N) is 1. The van der Waals surface area contributed by atoms with Gasteiger partial charge in [-0.15, -0.1) is 24.0 Å². The molecule has 2 rings (SSSR count). The molecular formula is C17H20FIN4O. The molecule has 1 heterocycles. The van der Waals surface area contributed by atoms with Gasteiger partial charge in [0, 0.05) is 18.8 Å².